The molecule has 0 rings (SSSR count). The van der Waals surface area contributed by atoms with Crippen molar-refractivity contribution in [3.63, 3.8) is 0 Å². The normalized spacial score (nSPS) is 12.5. The minimum atomic E-state index is -0.787. The van der Waals surface area contributed by atoms with Crippen LogP contribution < -0.4 is 0 Å². The monoisotopic (exact) mass is 1070 g/mol. The summed E-state index contributed by atoms with van der Waals surface area (Å²) in [7, 11) is 0. The fourth-order valence-corrected chi connectivity index (χ4v) is 9.70. The molecule has 0 aliphatic heterocycles. The molecule has 0 aromatic heterocycles. The van der Waals surface area contributed by atoms with Crippen molar-refractivity contribution in [3.05, 3.63) is 72.9 Å². The summed E-state index contributed by atoms with van der Waals surface area (Å²) in [6, 6.07) is 0. The molecule has 0 spiro atoms. The number of carbonyl (C=O) groups is 3. The van der Waals surface area contributed by atoms with Crippen LogP contribution in [-0.4, -0.2) is 37.2 Å². The zero-order valence-electron chi connectivity index (χ0n) is 51.2. The molecule has 77 heavy (non-hydrogen) atoms. The molecule has 446 valence electrons. The van der Waals surface area contributed by atoms with Crippen LogP contribution in [0.15, 0.2) is 72.9 Å². The zero-order valence-corrected chi connectivity index (χ0v) is 51.2. The highest BCUT2D eigenvalue weighted by Crippen LogP contribution is 2.17. The molecule has 6 nitrogen and oxygen atoms in total. The van der Waals surface area contributed by atoms with Crippen LogP contribution in [0.3, 0.4) is 0 Å². The Hall–Kier alpha value is -3.15. The summed E-state index contributed by atoms with van der Waals surface area (Å²) in [5.74, 6) is -0.884. The Bertz CT molecular complexity index is 1420. The van der Waals surface area contributed by atoms with Crippen molar-refractivity contribution in [1.29, 1.82) is 0 Å². The molecule has 0 amide bonds. The van der Waals surface area contributed by atoms with Crippen molar-refractivity contribution in [2.75, 3.05) is 13.2 Å². The fraction of sp³-hybridized carbons (Fsp3) is 0.789. The lowest BCUT2D eigenvalue weighted by molar-refractivity contribution is -0.167. The molecule has 0 aromatic carbocycles. The van der Waals surface area contributed by atoms with E-state index in [1.165, 1.54) is 193 Å². The third kappa shape index (κ3) is 63.6. The molecule has 0 saturated carbocycles. The Labute approximate surface area is 478 Å². The molecule has 0 fully saturated rings. The van der Waals surface area contributed by atoms with Crippen LogP contribution in [-0.2, 0) is 28.6 Å². The Morgan fingerprint density at radius 2 is 0.506 bits per heavy atom. The van der Waals surface area contributed by atoms with Gasteiger partial charge in [-0.15, -0.1) is 0 Å². The summed E-state index contributed by atoms with van der Waals surface area (Å²) in [6.07, 6.45) is 84.8. The standard InChI is InChI=1S/C71H126O6/c1-4-7-10-13-16-19-22-25-28-31-34-35-36-38-40-43-46-49-52-55-58-61-64-70(73)76-67-68(66-75-69(72)63-60-57-54-51-48-45-42-39-33-30-27-24-21-18-15-12-9-6-3)77-71(74)65-62-59-56-53-50-47-44-41-37-32-29-26-23-20-17-14-11-8-5-2/h8,11,17,20-21,24,26,29-30,33,37,41,68H,4-7,9-10,12-16,18-19,22-23,25,27-28,31-32,34-36,38-40,42-67H2,1-3H3/b11-8-,20-17-,24-21-,29-26-,33-30-,41-37-. The maximum absolute atomic E-state index is 12.9. The maximum atomic E-state index is 12.9. The summed E-state index contributed by atoms with van der Waals surface area (Å²) < 4.78 is 17.0. The van der Waals surface area contributed by atoms with E-state index in [4.69, 9.17) is 14.2 Å². The second kappa shape index (κ2) is 65.4. The van der Waals surface area contributed by atoms with Gasteiger partial charge in [-0.3, -0.25) is 14.4 Å². The number of hydrogen-bond donors (Lipinski definition) is 0. The van der Waals surface area contributed by atoms with E-state index < -0.39 is 6.10 Å². The van der Waals surface area contributed by atoms with Crippen molar-refractivity contribution in [1.82, 2.24) is 0 Å². The number of unbranched alkanes of at least 4 members (excludes halogenated alkanes) is 38. The van der Waals surface area contributed by atoms with Crippen LogP contribution in [0.4, 0.5) is 0 Å². The van der Waals surface area contributed by atoms with Crippen molar-refractivity contribution in [2.45, 2.75) is 348 Å². The number of allylic oxidation sites excluding steroid dienone is 12. The highest BCUT2D eigenvalue weighted by molar-refractivity contribution is 5.71. The van der Waals surface area contributed by atoms with Gasteiger partial charge in [0.25, 0.3) is 0 Å². The fourth-order valence-electron chi connectivity index (χ4n) is 9.70. The van der Waals surface area contributed by atoms with Gasteiger partial charge >= 0.3 is 17.9 Å². The molecule has 0 heterocycles. The van der Waals surface area contributed by atoms with Gasteiger partial charge in [-0.2, -0.15) is 0 Å². The van der Waals surface area contributed by atoms with Gasteiger partial charge < -0.3 is 14.2 Å². The van der Waals surface area contributed by atoms with Crippen LogP contribution in [0, 0.1) is 0 Å². The van der Waals surface area contributed by atoms with Crippen LogP contribution in [0.5, 0.6) is 0 Å². The minimum Gasteiger partial charge on any atom is -0.462 e. The van der Waals surface area contributed by atoms with E-state index in [2.05, 4.69) is 93.7 Å². The smallest absolute Gasteiger partial charge is 0.306 e. The molecule has 0 saturated heterocycles. The number of ether oxygens (including phenoxy) is 3. The van der Waals surface area contributed by atoms with E-state index in [0.29, 0.717) is 19.3 Å². The molecule has 0 aromatic rings. The van der Waals surface area contributed by atoms with Gasteiger partial charge in [-0.25, -0.2) is 0 Å². The highest BCUT2D eigenvalue weighted by atomic mass is 16.6. The lowest BCUT2D eigenvalue weighted by Gasteiger charge is -2.18. The second-order valence-electron chi connectivity index (χ2n) is 22.4. The largest absolute Gasteiger partial charge is 0.462 e. The van der Waals surface area contributed by atoms with Crippen molar-refractivity contribution < 1.29 is 28.6 Å². The average molecular weight is 1080 g/mol. The van der Waals surface area contributed by atoms with Gasteiger partial charge in [-0.05, 0) is 89.9 Å². The molecule has 0 N–H and O–H groups in total. The molecule has 1 unspecified atom stereocenters. The summed E-state index contributed by atoms with van der Waals surface area (Å²) >= 11 is 0. The number of esters is 3. The molecule has 0 aliphatic carbocycles. The molecular formula is C71H126O6. The van der Waals surface area contributed by atoms with Crippen LogP contribution in [0.2, 0.25) is 0 Å². The van der Waals surface area contributed by atoms with Gasteiger partial charge in [0.1, 0.15) is 13.2 Å². The Balaban J connectivity index is 4.37. The van der Waals surface area contributed by atoms with Crippen LogP contribution >= 0.6 is 0 Å². The predicted octanol–water partition coefficient (Wildman–Crippen LogP) is 22.9. The Morgan fingerprint density at radius 1 is 0.273 bits per heavy atom. The topological polar surface area (TPSA) is 78.9 Å². The minimum absolute atomic E-state index is 0.0809. The third-order valence-electron chi connectivity index (χ3n) is 14.7. The second-order valence-corrected chi connectivity index (χ2v) is 22.4. The van der Waals surface area contributed by atoms with Gasteiger partial charge in [0.15, 0.2) is 6.10 Å². The molecule has 0 aliphatic rings. The first-order chi connectivity index (χ1) is 38.0. The first-order valence-corrected chi connectivity index (χ1v) is 33.4. The number of rotatable bonds is 61. The zero-order chi connectivity index (χ0) is 55.7. The van der Waals surface area contributed by atoms with E-state index in [-0.39, 0.29) is 31.1 Å². The van der Waals surface area contributed by atoms with Gasteiger partial charge in [-0.1, -0.05) is 306 Å². The Morgan fingerprint density at radius 3 is 0.805 bits per heavy atom. The van der Waals surface area contributed by atoms with Gasteiger partial charge in [0.05, 0.1) is 0 Å². The summed E-state index contributed by atoms with van der Waals surface area (Å²) in [4.78, 5) is 38.4. The average Bonchev–Trinajstić information content (AvgIpc) is 3.43. The van der Waals surface area contributed by atoms with E-state index in [1.807, 2.05) is 0 Å². The molecule has 0 bridgehead atoms. The van der Waals surface area contributed by atoms with Crippen LogP contribution in [0.1, 0.15) is 342 Å². The summed E-state index contributed by atoms with van der Waals surface area (Å²) in [6.45, 7) is 6.55. The van der Waals surface area contributed by atoms with Crippen LogP contribution in [0.25, 0.3) is 0 Å². The van der Waals surface area contributed by atoms with Crippen molar-refractivity contribution >= 4 is 17.9 Å². The predicted molar refractivity (Wildman–Crippen MR) is 335 cm³/mol. The first-order valence-electron chi connectivity index (χ1n) is 33.4. The van der Waals surface area contributed by atoms with Gasteiger partial charge in [0.2, 0.25) is 0 Å². The third-order valence-corrected chi connectivity index (χ3v) is 14.7. The summed E-state index contributed by atoms with van der Waals surface area (Å²) in [5, 5.41) is 0. The number of hydrogen-bond acceptors (Lipinski definition) is 6. The lowest BCUT2D eigenvalue weighted by atomic mass is 10.0. The molecule has 0 radical (unpaired) electrons. The molecular weight excluding hydrogens is 949 g/mol. The van der Waals surface area contributed by atoms with E-state index in [9.17, 15) is 14.4 Å². The van der Waals surface area contributed by atoms with E-state index in [0.717, 1.165) is 109 Å². The maximum Gasteiger partial charge on any atom is 0.306 e. The lowest BCUT2D eigenvalue weighted by Crippen LogP contribution is -2.30. The van der Waals surface area contributed by atoms with E-state index >= 15 is 0 Å². The SMILES string of the molecule is CC/C=C\C/C=C\C/C=C\C/C=C\CCCCCCCCC(=O)OC(COC(=O)CCCCCCCCC/C=C\C/C=C\CCCCCC)COC(=O)CCCCCCCCCCCCCCCCCCCCCCCC. The first kappa shape index (κ1) is 73.8. The number of carbonyl (C=O) groups excluding carboxylic acids is 3. The molecule has 1 atom stereocenters. The van der Waals surface area contributed by atoms with E-state index in [1.54, 1.807) is 0 Å². The highest BCUT2D eigenvalue weighted by Gasteiger charge is 2.19. The van der Waals surface area contributed by atoms with Crippen molar-refractivity contribution in [2.24, 2.45) is 0 Å². The van der Waals surface area contributed by atoms with Crippen molar-refractivity contribution in [3.8, 4) is 0 Å². The van der Waals surface area contributed by atoms with Gasteiger partial charge in [0, 0.05) is 19.3 Å². The molecule has 6 heteroatoms. The summed E-state index contributed by atoms with van der Waals surface area (Å²) in [5.41, 5.74) is 0. The quantitative estimate of drug-likeness (QED) is 0.0261. The Kier molecular flexibility index (Phi) is 62.7.